The highest BCUT2D eigenvalue weighted by Gasteiger charge is 2.20. The minimum Gasteiger partial charge on any atom is -0.316 e. The molecule has 1 aliphatic rings. The molecule has 1 atom stereocenters. The Morgan fingerprint density at radius 3 is 3.08 bits per heavy atom. The Morgan fingerprint density at radius 1 is 1.46 bits per heavy atom. The van der Waals surface area contributed by atoms with Crippen molar-refractivity contribution in [1.29, 1.82) is 0 Å². The normalized spacial score (nSPS) is 20.2. The van der Waals surface area contributed by atoms with Crippen molar-refractivity contribution < 1.29 is 0 Å². The number of thioether (sulfide) groups is 1. The SMILES string of the molecule is CCNCC1Cc2ccccc2S1. The van der Waals surface area contributed by atoms with Gasteiger partial charge in [0.15, 0.2) is 0 Å². The van der Waals surface area contributed by atoms with Crippen molar-refractivity contribution in [3.63, 3.8) is 0 Å². The van der Waals surface area contributed by atoms with Crippen molar-refractivity contribution in [3.8, 4) is 0 Å². The van der Waals surface area contributed by atoms with Gasteiger partial charge in [0.25, 0.3) is 0 Å². The van der Waals surface area contributed by atoms with Crippen LogP contribution in [0, 0.1) is 0 Å². The third-order valence-corrected chi connectivity index (χ3v) is 3.65. The van der Waals surface area contributed by atoms with Crippen molar-refractivity contribution in [1.82, 2.24) is 5.32 Å². The van der Waals surface area contributed by atoms with E-state index in [4.69, 9.17) is 0 Å². The number of benzene rings is 1. The van der Waals surface area contributed by atoms with E-state index in [-0.39, 0.29) is 0 Å². The molecule has 1 nitrogen and oxygen atoms in total. The summed E-state index contributed by atoms with van der Waals surface area (Å²) in [6.45, 7) is 4.37. The second kappa shape index (κ2) is 4.16. The van der Waals surface area contributed by atoms with E-state index in [1.54, 1.807) is 0 Å². The summed E-state index contributed by atoms with van der Waals surface area (Å²) in [5, 5.41) is 4.15. The topological polar surface area (TPSA) is 12.0 Å². The fourth-order valence-corrected chi connectivity index (χ4v) is 2.96. The van der Waals surface area contributed by atoms with Crippen LogP contribution in [0.3, 0.4) is 0 Å². The zero-order valence-electron chi connectivity index (χ0n) is 7.92. The molecule has 2 heteroatoms. The molecular formula is C11H15NS. The van der Waals surface area contributed by atoms with E-state index in [0.29, 0.717) is 0 Å². The third kappa shape index (κ3) is 2.06. The minimum absolute atomic E-state index is 0.748. The maximum absolute atomic E-state index is 3.40. The quantitative estimate of drug-likeness (QED) is 0.790. The van der Waals surface area contributed by atoms with Gasteiger partial charge in [0, 0.05) is 16.7 Å². The molecule has 0 bridgehead atoms. The minimum atomic E-state index is 0.748. The fourth-order valence-electron chi connectivity index (χ4n) is 1.67. The van der Waals surface area contributed by atoms with Crippen molar-refractivity contribution in [2.75, 3.05) is 13.1 Å². The van der Waals surface area contributed by atoms with Crippen LogP contribution in [0.25, 0.3) is 0 Å². The molecule has 13 heavy (non-hydrogen) atoms. The van der Waals surface area contributed by atoms with Crippen molar-refractivity contribution >= 4 is 11.8 Å². The van der Waals surface area contributed by atoms with Gasteiger partial charge in [-0.25, -0.2) is 0 Å². The van der Waals surface area contributed by atoms with E-state index in [0.717, 1.165) is 18.3 Å². The van der Waals surface area contributed by atoms with Gasteiger partial charge in [-0.15, -0.1) is 11.8 Å². The lowest BCUT2D eigenvalue weighted by molar-refractivity contribution is 0.690. The Morgan fingerprint density at radius 2 is 2.31 bits per heavy atom. The lowest BCUT2D eigenvalue weighted by atomic mass is 10.1. The zero-order chi connectivity index (χ0) is 9.10. The van der Waals surface area contributed by atoms with E-state index in [2.05, 4.69) is 36.5 Å². The number of nitrogens with one attached hydrogen (secondary N) is 1. The van der Waals surface area contributed by atoms with Gasteiger partial charge in [0.2, 0.25) is 0 Å². The van der Waals surface area contributed by atoms with E-state index < -0.39 is 0 Å². The van der Waals surface area contributed by atoms with E-state index >= 15 is 0 Å². The second-order valence-electron chi connectivity index (χ2n) is 3.36. The molecule has 0 fully saturated rings. The molecule has 0 saturated carbocycles. The zero-order valence-corrected chi connectivity index (χ0v) is 8.73. The van der Waals surface area contributed by atoms with Crippen molar-refractivity contribution in [3.05, 3.63) is 29.8 Å². The van der Waals surface area contributed by atoms with Gasteiger partial charge >= 0.3 is 0 Å². The van der Waals surface area contributed by atoms with Crippen LogP contribution in [0.2, 0.25) is 0 Å². The van der Waals surface area contributed by atoms with E-state index in [1.165, 1.54) is 16.9 Å². The summed E-state index contributed by atoms with van der Waals surface area (Å²) in [5.74, 6) is 0. The Bertz CT molecular complexity index is 260. The molecule has 1 N–H and O–H groups in total. The molecule has 1 unspecified atom stereocenters. The molecular weight excluding hydrogens is 178 g/mol. The molecule has 1 aromatic carbocycles. The van der Waals surface area contributed by atoms with E-state index in [9.17, 15) is 0 Å². The molecule has 1 heterocycles. The van der Waals surface area contributed by atoms with Gasteiger partial charge in [-0.2, -0.15) is 0 Å². The first-order valence-electron chi connectivity index (χ1n) is 4.85. The molecule has 0 aromatic heterocycles. The van der Waals surface area contributed by atoms with Crippen LogP contribution < -0.4 is 5.32 Å². The smallest absolute Gasteiger partial charge is 0.0260 e. The van der Waals surface area contributed by atoms with Crippen LogP contribution in [0.4, 0.5) is 0 Å². The van der Waals surface area contributed by atoms with Crippen molar-refractivity contribution in [2.24, 2.45) is 0 Å². The van der Waals surface area contributed by atoms with Gasteiger partial charge in [-0.3, -0.25) is 0 Å². The first-order valence-corrected chi connectivity index (χ1v) is 5.73. The Labute approximate surface area is 83.9 Å². The molecule has 70 valence electrons. The molecule has 0 aliphatic carbocycles. The highest BCUT2D eigenvalue weighted by Crippen LogP contribution is 2.36. The van der Waals surface area contributed by atoms with Crippen LogP contribution in [-0.4, -0.2) is 18.3 Å². The Hall–Kier alpha value is -0.470. The molecule has 1 aromatic rings. The van der Waals surface area contributed by atoms with Crippen LogP contribution in [0.15, 0.2) is 29.2 Å². The average molecular weight is 193 g/mol. The molecule has 0 amide bonds. The predicted molar refractivity (Wildman–Crippen MR) is 58.3 cm³/mol. The summed E-state index contributed by atoms with van der Waals surface area (Å²) in [6.07, 6.45) is 1.23. The summed E-state index contributed by atoms with van der Waals surface area (Å²) >= 11 is 2.01. The van der Waals surface area contributed by atoms with Gasteiger partial charge in [-0.1, -0.05) is 25.1 Å². The highest BCUT2D eigenvalue weighted by atomic mass is 32.2. The maximum Gasteiger partial charge on any atom is 0.0260 e. The molecule has 1 aliphatic heterocycles. The largest absolute Gasteiger partial charge is 0.316 e. The lowest BCUT2D eigenvalue weighted by Gasteiger charge is -2.07. The Kier molecular flexibility index (Phi) is 2.91. The third-order valence-electron chi connectivity index (χ3n) is 2.34. The van der Waals surface area contributed by atoms with Gasteiger partial charge in [-0.05, 0) is 24.6 Å². The first kappa shape index (κ1) is 9.10. The fraction of sp³-hybridized carbons (Fsp3) is 0.455. The van der Waals surface area contributed by atoms with E-state index in [1.807, 2.05) is 11.8 Å². The average Bonchev–Trinajstić information content (AvgIpc) is 2.57. The first-order chi connectivity index (χ1) is 6.40. The van der Waals surface area contributed by atoms with Gasteiger partial charge in [0.1, 0.15) is 0 Å². The number of fused-ring (bicyclic) bond motifs is 1. The van der Waals surface area contributed by atoms with Crippen LogP contribution >= 0.6 is 11.8 Å². The molecule has 0 radical (unpaired) electrons. The summed E-state index contributed by atoms with van der Waals surface area (Å²) in [6, 6.07) is 8.73. The monoisotopic (exact) mass is 193 g/mol. The number of hydrogen-bond donors (Lipinski definition) is 1. The standard InChI is InChI=1S/C11H15NS/c1-2-12-8-10-7-9-5-3-4-6-11(9)13-10/h3-6,10,12H,2,7-8H2,1H3. The number of hydrogen-bond acceptors (Lipinski definition) is 2. The summed E-state index contributed by atoms with van der Waals surface area (Å²) < 4.78 is 0. The highest BCUT2D eigenvalue weighted by molar-refractivity contribution is 8.00. The van der Waals surface area contributed by atoms with Crippen LogP contribution in [-0.2, 0) is 6.42 Å². The lowest BCUT2D eigenvalue weighted by Crippen LogP contribution is -2.23. The Balaban J connectivity index is 1.97. The summed E-state index contributed by atoms with van der Waals surface area (Å²) in [7, 11) is 0. The summed E-state index contributed by atoms with van der Waals surface area (Å²) in [5.41, 5.74) is 1.52. The van der Waals surface area contributed by atoms with Crippen molar-refractivity contribution in [2.45, 2.75) is 23.5 Å². The predicted octanol–water partition coefficient (Wildman–Crippen LogP) is 2.31. The molecule has 0 spiro atoms. The van der Waals surface area contributed by atoms with Gasteiger partial charge < -0.3 is 5.32 Å². The molecule has 2 rings (SSSR count). The van der Waals surface area contributed by atoms with Gasteiger partial charge in [0.05, 0.1) is 0 Å². The summed E-state index contributed by atoms with van der Waals surface area (Å²) in [4.78, 5) is 1.48. The van der Waals surface area contributed by atoms with Crippen LogP contribution in [0.1, 0.15) is 12.5 Å². The second-order valence-corrected chi connectivity index (χ2v) is 4.70. The van der Waals surface area contributed by atoms with Crippen LogP contribution in [0.5, 0.6) is 0 Å². The molecule has 0 saturated heterocycles. The maximum atomic E-state index is 3.40. The number of rotatable bonds is 3.